The molecule has 0 spiro atoms. The highest BCUT2D eigenvalue weighted by Crippen LogP contribution is 2.17. The van der Waals surface area contributed by atoms with E-state index in [2.05, 4.69) is 5.32 Å². The van der Waals surface area contributed by atoms with E-state index in [0.29, 0.717) is 13.1 Å². The molecule has 2 atom stereocenters. The lowest BCUT2D eigenvalue weighted by Gasteiger charge is -2.33. The van der Waals surface area contributed by atoms with E-state index in [1.807, 2.05) is 0 Å². The van der Waals surface area contributed by atoms with Gasteiger partial charge in [-0.1, -0.05) is 0 Å². The number of amides is 2. The summed E-state index contributed by atoms with van der Waals surface area (Å²) in [6, 6.07) is -0.826. The fourth-order valence-corrected chi connectivity index (χ4v) is 2.98. The Kier molecular flexibility index (Phi) is 5.94. The fraction of sp³-hybridized carbons (Fsp3) is 0.833. The molecule has 1 heterocycles. The molecule has 0 bridgehead atoms. The molecule has 116 valence electrons. The summed E-state index contributed by atoms with van der Waals surface area (Å²) in [7, 11) is -1.56. The molecule has 0 aliphatic carbocycles. The molecule has 3 N–H and O–H groups in total. The van der Waals surface area contributed by atoms with Crippen LogP contribution >= 0.6 is 0 Å². The van der Waals surface area contributed by atoms with Crippen LogP contribution in [0.2, 0.25) is 0 Å². The highest BCUT2D eigenvalue weighted by atomic mass is 32.2. The molecule has 2 unspecified atom stereocenters. The summed E-state index contributed by atoms with van der Waals surface area (Å²) in [5.74, 6) is -0.665. The third-order valence-corrected chi connectivity index (χ3v) is 4.44. The van der Waals surface area contributed by atoms with E-state index < -0.39 is 15.9 Å². The SMILES string of the molecule is CNC(=O)C1CCCN(C(=O)C(N)CCS(C)(=O)=O)C1. The van der Waals surface area contributed by atoms with E-state index in [0.717, 1.165) is 19.1 Å². The van der Waals surface area contributed by atoms with Crippen LogP contribution in [0.1, 0.15) is 19.3 Å². The molecule has 1 saturated heterocycles. The number of nitrogens with one attached hydrogen (secondary N) is 1. The van der Waals surface area contributed by atoms with Crippen LogP contribution in [0.3, 0.4) is 0 Å². The van der Waals surface area contributed by atoms with Crippen molar-refractivity contribution in [2.45, 2.75) is 25.3 Å². The van der Waals surface area contributed by atoms with Crippen molar-refractivity contribution >= 4 is 21.7 Å². The highest BCUT2D eigenvalue weighted by molar-refractivity contribution is 7.90. The zero-order valence-corrected chi connectivity index (χ0v) is 12.8. The fourth-order valence-electron chi connectivity index (χ4n) is 2.29. The van der Waals surface area contributed by atoms with Gasteiger partial charge in [0.25, 0.3) is 0 Å². The quantitative estimate of drug-likeness (QED) is 0.658. The molecule has 1 rings (SSSR count). The average molecular weight is 305 g/mol. The summed E-state index contributed by atoms with van der Waals surface area (Å²) in [5.41, 5.74) is 5.75. The number of rotatable bonds is 5. The first-order valence-corrected chi connectivity index (χ1v) is 8.74. The molecular formula is C12H23N3O4S. The molecule has 1 aliphatic heterocycles. The summed E-state index contributed by atoms with van der Waals surface area (Å²) in [6.07, 6.45) is 2.73. The molecule has 0 aromatic carbocycles. The number of nitrogens with two attached hydrogens (primary N) is 1. The van der Waals surface area contributed by atoms with Gasteiger partial charge < -0.3 is 16.0 Å². The number of likely N-dealkylation sites (tertiary alicyclic amines) is 1. The summed E-state index contributed by atoms with van der Waals surface area (Å²) in [4.78, 5) is 25.3. The normalized spacial score (nSPS) is 21.4. The zero-order chi connectivity index (χ0) is 15.3. The molecule has 1 fully saturated rings. The molecular weight excluding hydrogens is 282 g/mol. The van der Waals surface area contributed by atoms with Gasteiger partial charge >= 0.3 is 0 Å². The molecule has 0 radical (unpaired) electrons. The predicted octanol–water partition coefficient (Wildman–Crippen LogP) is -1.27. The maximum absolute atomic E-state index is 12.1. The molecule has 0 aromatic heterocycles. The number of hydrogen-bond acceptors (Lipinski definition) is 5. The molecule has 2 amide bonds. The second-order valence-electron chi connectivity index (χ2n) is 5.26. The van der Waals surface area contributed by atoms with Gasteiger partial charge in [-0.2, -0.15) is 0 Å². The number of sulfone groups is 1. The first kappa shape index (κ1) is 16.9. The van der Waals surface area contributed by atoms with Crippen molar-refractivity contribution < 1.29 is 18.0 Å². The largest absolute Gasteiger partial charge is 0.359 e. The topological polar surface area (TPSA) is 110 Å². The van der Waals surface area contributed by atoms with Gasteiger partial charge in [0.15, 0.2) is 0 Å². The third-order valence-electron chi connectivity index (χ3n) is 3.47. The van der Waals surface area contributed by atoms with E-state index in [1.54, 1.807) is 11.9 Å². The van der Waals surface area contributed by atoms with Crippen molar-refractivity contribution in [1.82, 2.24) is 10.2 Å². The van der Waals surface area contributed by atoms with Gasteiger partial charge in [0.2, 0.25) is 11.8 Å². The lowest BCUT2D eigenvalue weighted by molar-refractivity contribution is -0.136. The van der Waals surface area contributed by atoms with Crippen molar-refractivity contribution in [1.29, 1.82) is 0 Å². The van der Waals surface area contributed by atoms with Crippen LogP contribution in [0, 0.1) is 5.92 Å². The second kappa shape index (κ2) is 7.03. The van der Waals surface area contributed by atoms with Crippen LogP contribution in [0.4, 0.5) is 0 Å². The summed E-state index contributed by atoms with van der Waals surface area (Å²) in [6.45, 7) is 0.921. The van der Waals surface area contributed by atoms with Gasteiger partial charge in [0, 0.05) is 26.4 Å². The Hall–Kier alpha value is -1.15. The molecule has 8 heteroatoms. The minimum Gasteiger partial charge on any atom is -0.359 e. The Balaban J connectivity index is 2.55. The Bertz CT molecular complexity index is 463. The minimum atomic E-state index is -3.13. The molecule has 1 aliphatic rings. The number of nitrogens with zero attached hydrogens (tertiary/aromatic N) is 1. The first-order valence-electron chi connectivity index (χ1n) is 6.68. The Labute approximate surface area is 119 Å². The summed E-state index contributed by atoms with van der Waals surface area (Å²) in [5, 5.41) is 2.58. The number of piperidine rings is 1. The van der Waals surface area contributed by atoms with E-state index in [4.69, 9.17) is 5.73 Å². The van der Waals surface area contributed by atoms with E-state index >= 15 is 0 Å². The van der Waals surface area contributed by atoms with Crippen LogP contribution in [0.5, 0.6) is 0 Å². The Morgan fingerprint density at radius 3 is 2.65 bits per heavy atom. The van der Waals surface area contributed by atoms with E-state index in [1.165, 1.54) is 0 Å². The Morgan fingerprint density at radius 1 is 1.45 bits per heavy atom. The van der Waals surface area contributed by atoms with E-state index in [-0.39, 0.29) is 29.9 Å². The Morgan fingerprint density at radius 2 is 2.10 bits per heavy atom. The van der Waals surface area contributed by atoms with E-state index in [9.17, 15) is 18.0 Å². The zero-order valence-electron chi connectivity index (χ0n) is 12.0. The predicted molar refractivity (Wildman–Crippen MR) is 75.7 cm³/mol. The van der Waals surface area contributed by atoms with Crippen LogP contribution in [-0.2, 0) is 19.4 Å². The highest BCUT2D eigenvalue weighted by Gasteiger charge is 2.30. The molecule has 0 saturated carbocycles. The van der Waals surface area contributed by atoms with Gasteiger partial charge in [0.05, 0.1) is 17.7 Å². The number of carbonyl (C=O) groups excluding carboxylic acids is 2. The van der Waals surface area contributed by atoms with Crippen LogP contribution in [0.25, 0.3) is 0 Å². The lowest BCUT2D eigenvalue weighted by Crippen LogP contribution is -2.50. The van der Waals surface area contributed by atoms with Crippen LogP contribution in [-0.4, -0.2) is 63.3 Å². The monoisotopic (exact) mass is 305 g/mol. The summed E-state index contributed by atoms with van der Waals surface area (Å²) < 4.78 is 22.2. The smallest absolute Gasteiger partial charge is 0.239 e. The number of hydrogen-bond donors (Lipinski definition) is 2. The van der Waals surface area contributed by atoms with Crippen molar-refractivity contribution in [3.8, 4) is 0 Å². The molecule has 7 nitrogen and oxygen atoms in total. The number of carbonyl (C=O) groups is 2. The van der Waals surface area contributed by atoms with Gasteiger partial charge in [-0.3, -0.25) is 9.59 Å². The molecule has 20 heavy (non-hydrogen) atoms. The van der Waals surface area contributed by atoms with Crippen LogP contribution < -0.4 is 11.1 Å². The first-order chi connectivity index (χ1) is 9.24. The minimum absolute atomic E-state index is 0.0767. The van der Waals surface area contributed by atoms with Crippen molar-refractivity contribution in [2.24, 2.45) is 11.7 Å². The van der Waals surface area contributed by atoms with Crippen LogP contribution in [0.15, 0.2) is 0 Å². The average Bonchev–Trinajstić information content (AvgIpc) is 2.42. The summed E-state index contributed by atoms with van der Waals surface area (Å²) >= 11 is 0. The third kappa shape index (κ3) is 5.09. The van der Waals surface area contributed by atoms with Crippen molar-refractivity contribution in [2.75, 3.05) is 32.1 Å². The van der Waals surface area contributed by atoms with Gasteiger partial charge in [-0.15, -0.1) is 0 Å². The van der Waals surface area contributed by atoms with Gasteiger partial charge in [-0.25, -0.2) is 8.42 Å². The maximum atomic E-state index is 12.1. The lowest BCUT2D eigenvalue weighted by atomic mass is 9.96. The maximum Gasteiger partial charge on any atom is 0.239 e. The van der Waals surface area contributed by atoms with Gasteiger partial charge in [0.1, 0.15) is 9.84 Å². The standard InChI is InChI=1S/C12H23N3O4S/c1-14-11(16)9-4-3-6-15(8-9)12(17)10(13)5-7-20(2,18)19/h9-10H,3-8,13H2,1-2H3,(H,14,16). The second-order valence-corrected chi connectivity index (χ2v) is 7.52. The molecule has 0 aromatic rings. The van der Waals surface area contributed by atoms with Crippen molar-refractivity contribution in [3.05, 3.63) is 0 Å². The van der Waals surface area contributed by atoms with Gasteiger partial charge in [-0.05, 0) is 19.3 Å². The van der Waals surface area contributed by atoms with Crippen molar-refractivity contribution in [3.63, 3.8) is 0 Å².